The molecule has 0 aliphatic carbocycles. The van der Waals surface area contributed by atoms with Gasteiger partial charge in [0.1, 0.15) is 11.6 Å². The van der Waals surface area contributed by atoms with E-state index in [4.69, 9.17) is 5.11 Å². The standard InChI is InChI=1S/C21H44NO5P/c1-2-3-4-5-6-7-8-9-10-11-12-13-14-15-19(24)18-20(25)21(26)28(27)22-16-17-23/h20-21,23,25-26,28H,2-18H2,1H3,(H,22,27). The Morgan fingerprint density at radius 2 is 1.32 bits per heavy atom. The SMILES string of the molecule is CCCCCCCCCCCCCCCC(=O)CC(O)C(O)[PH](=O)NCCO. The van der Waals surface area contributed by atoms with E-state index >= 15 is 0 Å². The Kier molecular flexibility index (Phi) is 19.8. The first-order valence-electron chi connectivity index (χ1n) is 11.3. The van der Waals surface area contributed by atoms with Crippen molar-refractivity contribution < 1.29 is 24.7 Å². The average molecular weight is 422 g/mol. The number of hydrogen-bond donors (Lipinski definition) is 4. The van der Waals surface area contributed by atoms with Crippen LogP contribution in [0.3, 0.4) is 0 Å². The number of carbonyl (C=O) groups is 1. The fourth-order valence-electron chi connectivity index (χ4n) is 3.25. The topological polar surface area (TPSA) is 107 Å². The molecule has 6 nitrogen and oxygen atoms in total. The summed E-state index contributed by atoms with van der Waals surface area (Å²) < 4.78 is 11.7. The van der Waals surface area contributed by atoms with Crippen LogP contribution in [0.5, 0.6) is 0 Å². The summed E-state index contributed by atoms with van der Waals surface area (Å²) in [6.07, 6.45) is 15.1. The monoisotopic (exact) mass is 421 g/mol. The Morgan fingerprint density at radius 3 is 1.79 bits per heavy atom. The fourth-order valence-corrected chi connectivity index (χ4v) is 4.28. The second-order valence-corrected chi connectivity index (χ2v) is 9.44. The highest BCUT2D eigenvalue weighted by Crippen LogP contribution is 2.25. The van der Waals surface area contributed by atoms with E-state index in [0.29, 0.717) is 6.42 Å². The largest absolute Gasteiger partial charge is 0.395 e. The van der Waals surface area contributed by atoms with E-state index in [1.165, 1.54) is 64.2 Å². The fraction of sp³-hybridized carbons (Fsp3) is 0.952. The summed E-state index contributed by atoms with van der Waals surface area (Å²) in [5.41, 5.74) is 0. The summed E-state index contributed by atoms with van der Waals surface area (Å²) in [5, 5.41) is 30.6. The Labute approximate surface area is 172 Å². The third-order valence-corrected chi connectivity index (χ3v) is 6.56. The lowest BCUT2D eigenvalue weighted by Crippen LogP contribution is -2.29. The number of rotatable bonds is 21. The normalized spacial score (nSPS) is 14.7. The number of carbonyl (C=O) groups excluding carboxylic acids is 1. The molecule has 3 atom stereocenters. The van der Waals surface area contributed by atoms with Gasteiger partial charge in [0.2, 0.25) is 0 Å². The van der Waals surface area contributed by atoms with E-state index in [-0.39, 0.29) is 25.4 Å². The molecule has 4 N–H and O–H groups in total. The molecule has 0 bridgehead atoms. The Balaban J connectivity index is 3.51. The molecule has 168 valence electrons. The van der Waals surface area contributed by atoms with Crippen molar-refractivity contribution in [2.75, 3.05) is 13.2 Å². The highest BCUT2D eigenvalue weighted by molar-refractivity contribution is 7.43. The molecule has 0 aromatic rings. The van der Waals surface area contributed by atoms with Crippen LogP contribution in [0.15, 0.2) is 0 Å². The van der Waals surface area contributed by atoms with Crippen molar-refractivity contribution in [3.05, 3.63) is 0 Å². The molecule has 28 heavy (non-hydrogen) atoms. The van der Waals surface area contributed by atoms with Gasteiger partial charge in [0, 0.05) is 19.4 Å². The summed E-state index contributed by atoms with van der Waals surface area (Å²) >= 11 is 0. The minimum absolute atomic E-state index is 0.0917. The third-order valence-electron chi connectivity index (χ3n) is 5.04. The van der Waals surface area contributed by atoms with Crippen LogP contribution in [0.1, 0.15) is 103 Å². The lowest BCUT2D eigenvalue weighted by atomic mass is 10.0. The Bertz CT molecular complexity index is 395. The maximum absolute atomic E-state index is 11.9. The van der Waals surface area contributed by atoms with Crippen LogP contribution in [0, 0.1) is 0 Å². The number of nitrogens with one attached hydrogen (secondary N) is 1. The van der Waals surface area contributed by atoms with E-state index in [1.807, 2.05) is 0 Å². The molecule has 0 saturated carbocycles. The van der Waals surface area contributed by atoms with Crippen molar-refractivity contribution in [3.63, 3.8) is 0 Å². The molecule has 0 aromatic carbocycles. The number of aliphatic hydroxyl groups is 3. The van der Waals surface area contributed by atoms with Crippen molar-refractivity contribution in [1.29, 1.82) is 0 Å². The zero-order chi connectivity index (χ0) is 21.0. The van der Waals surface area contributed by atoms with Crippen LogP contribution in [-0.2, 0) is 9.36 Å². The van der Waals surface area contributed by atoms with Crippen molar-refractivity contribution in [2.45, 2.75) is 115 Å². The molecule has 0 rings (SSSR count). The predicted octanol–water partition coefficient (Wildman–Crippen LogP) is 4.16. The van der Waals surface area contributed by atoms with Crippen molar-refractivity contribution in [1.82, 2.24) is 5.09 Å². The molecule has 0 fully saturated rings. The molecular formula is C21H44NO5P. The van der Waals surface area contributed by atoms with E-state index in [2.05, 4.69) is 12.0 Å². The van der Waals surface area contributed by atoms with E-state index in [9.17, 15) is 19.6 Å². The molecule has 0 radical (unpaired) electrons. The molecule has 0 amide bonds. The molecule has 0 saturated heterocycles. The molecule has 3 unspecified atom stereocenters. The molecule has 0 aromatic heterocycles. The minimum atomic E-state index is -2.63. The number of Topliss-reactive ketones (excluding diaryl/α,β-unsaturated/α-hetero) is 1. The smallest absolute Gasteiger partial charge is 0.166 e. The summed E-state index contributed by atoms with van der Waals surface area (Å²) in [7, 11) is -2.63. The molecule has 0 aliphatic heterocycles. The van der Waals surface area contributed by atoms with Gasteiger partial charge in [0.25, 0.3) is 0 Å². The zero-order valence-electron chi connectivity index (χ0n) is 17.8. The van der Waals surface area contributed by atoms with Gasteiger partial charge in [0.05, 0.1) is 12.7 Å². The quantitative estimate of drug-likeness (QED) is 0.164. The lowest BCUT2D eigenvalue weighted by molar-refractivity contribution is -0.122. The van der Waals surface area contributed by atoms with E-state index in [1.54, 1.807) is 0 Å². The number of unbranched alkanes of at least 4 members (excludes halogenated alkanes) is 12. The lowest BCUT2D eigenvalue weighted by Gasteiger charge is -2.17. The first-order valence-corrected chi connectivity index (χ1v) is 12.8. The van der Waals surface area contributed by atoms with Crippen molar-refractivity contribution >= 4 is 13.7 Å². The van der Waals surface area contributed by atoms with Crippen LogP contribution >= 0.6 is 7.95 Å². The zero-order valence-corrected chi connectivity index (χ0v) is 18.8. The van der Waals surface area contributed by atoms with Gasteiger partial charge in [-0.1, -0.05) is 84.0 Å². The maximum atomic E-state index is 11.9. The highest BCUT2D eigenvalue weighted by Gasteiger charge is 2.24. The second kappa shape index (κ2) is 20.0. The summed E-state index contributed by atoms with van der Waals surface area (Å²) in [6.45, 7) is 2.14. The predicted molar refractivity (Wildman–Crippen MR) is 116 cm³/mol. The van der Waals surface area contributed by atoms with Crippen molar-refractivity contribution in [2.24, 2.45) is 0 Å². The molecule has 7 heteroatoms. The first kappa shape index (κ1) is 27.7. The van der Waals surface area contributed by atoms with Crippen LogP contribution < -0.4 is 5.09 Å². The Morgan fingerprint density at radius 1 is 0.857 bits per heavy atom. The number of ketones is 1. The molecular weight excluding hydrogens is 377 g/mol. The summed E-state index contributed by atoms with van der Waals surface area (Å²) in [5.74, 6) is -1.56. The Hall–Kier alpha value is -0.260. The van der Waals surface area contributed by atoms with Crippen LogP contribution in [0.4, 0.5) is 0 Å². The van der Waals surface area contributed by atoms with E-state index < -0.39 is 19.9 Å². The molecule has 0 spiro atoms. The average Bonchev–Trinajstić information content (AvgIpc) is 2.68. The molecule has 0 heterocycles. The summed E-state index contributed by atoms with van der Waals surface area (Å²) in [6, 6.07) is 0. The van der Waals surface area contributed by atoms with Gasteiger partial charge in [-0.3, -0.25) is 9.88 Å². The second-order valence-electron chi connectivity index (χ2n) is 7.76. The van der Waals surface area contributed by atoms with Gasteiger partial charge in [-0.25, -0.2) is 0 Å². The highest BCUT2D eigenvalue weighted by atomic mass is 31.1. The van der Waals surface area contributed by atoms with Gasteiger partial charge >= 0.3 is 0 Å². The third kappa shape index (κ3) is 16.7. The van der Waals surface area contributed by atoms with Crippen molar-refractivity contribution in [3.8, 4) is 0 Å². The molecule has 0 aliphatic rings. The maximum Gasteiger partial charge on any atom is 0.166 e. The number of aliphatic hydroxyl groups excluding tert-OH is 3. The van der Waals surface area contributed by atoms with Gasteiger partial charge in [-0.2, -0.15) is 0 Å². The van der Waals surface area contributed by atoms with Gasteiger partial charge in [-0.15, -0.1) is 0 Å². The number of hydrogen-bond acceptors (Lipinski definition) is 5. The van der Waals surface area contributed by atoms with Crippen LogP contribution in [0.25, 0.3) is 0 Å². The minimum Gasteiger partial charge on any atom is -0.395 e. The van der Waals surface area contributed by atoms with E-state index in [0.717, 1.165) is 19.3 Å². The van der Waals surface area contributed by atoms with Gasteiger partial charge in [0.15, 0.2) is 7.95 Å². The van der Waals surface area contributed by atoms with Crippen LogP contribution in [0.2, 0.25) is 0 Å². The van der Waals surface area contributed by atoms with Gasteiger partial charge in [-0.05, 0) is 6.42 Å². The van der Waals surface area contributed by atoms with Gasteiger partial charge < -0.3 is 19.9 Å². The van der Waals surface area contributed by atoms with Crippen LogP contribution in [-0.4, -0.2) is 46.2 Å². The first-order chi connectivity index (χ1) is 13.5. The summed E-state index contributed by atoms with van der Waals surface area (Å²) in [4.78, 5) is 11.9.